The van der Waals surface area contributed by atoms with E-state index >= 15 is 0 Å². The summed E-state index contributed by atoms with van der Waals surface area (Å²) in [5, 5.41) is 0. The predicted octanol–water partition coefficient (Wildman–Crippen LogP) is 5.91. The third-order valence-electron chi connectivity index (χ3n) is 5.00. The molecular formula is C17H24Cl2SiZr+2. The van der Waals surface area contributed by atoms with Gasteiger partial charge in [0.15, 0.2) is 0 Å². The van der Waals surface area contributed by atoms with Gasteiger partial charge in [-0.2, -0.15) is 0 Å². The molecule has 2 aliphatic carbocycles. The van der Waals surface area contributed by atoms with Gasteiger partial charge in [-0.3, -0.25) is 0 Å². The Balaban J connectivity index is 0.000000677. The zero-order chi connectivity index (χ0) is 16.2. The summed E-state index contributed by atoms with van der Waals surface area (Å²) in [5.41, 5.74) is 3.27. The first kappa shape index (κ1) is 20.7. The number of hydrogen-bond donors (Lipinski definition) is 0. The summed E-state index contributed by atoms with van der Waals surface area (Å²) in [7, 11) is 8.34. The summed E-state index contributed by atoms with van der Waals surface area (Å²) in [6.07, 6.45) is 9.02. The van der Waals surface area contributed by atoms with Gasteiger partial charge >= 0.3 is 37.9 Å². The molecule has 2 aliphatic rings. The Labute approximate surface area is 152 Å². The Morgan fingerprint density at radius 2 is 1.29 bits per heavy atom. The second-order valence-corrected chi connectivity index (χ2v) is 14.0. The van der Waals surface area contributed by atoms with E-state index in [4.69, 9.17) is 17.0 Å². The average Bonchev–Trinajstić information content (AvgIpc) is 3.06. The number of rotatable bonds is 3. The molecule has 4 heteroatoms. The van der Waals surface area contributed by atoms with Crippen molar-refractivity contribution in [2.75, 3.05) is 0 Å². The van der Waals surface area contributed by atoms with Gasteiger partial charge in [-0.1, -0.05) is 47.2 Å². The quantitative estimate of drug-likeness (QED) is 0.500. The first-order valence-corrected chi connectivity index (χ1v) is 16.3. The Morgan fingerprint density at radius 3 is 1.62 bits per heavy atom. The Hall–Kier alpha value is 1.68. The minimum atomic E-state index is -1.52. The molecule has 21 heavy (non-hydrogen) atoms. The van der Waals surface area contributed by atoms with Gasteiger partial charge in [-0.05, 0) is 60.4 Å². The van der Waals surface area contributed by atoms with Crippen molar-refractivity contribution < 1.29 is 20.8 Å². The van der Waals surface area contributed by atoms with Crippen LogP contribution in [0, 0.1) is 60.4 Å². The van der Waals surface area contributed by atoms with Crippen molar-refractivity contribution in [1.82, 2.24) is 0 Å². The predicted molar refractivity (Wildman–Crippen MR) is 93.2 cm³/mol. The normalized spacial score (nSPS) is 26.5. The second kappa shape index (κ2) is 9.24. The Bertz CT molecular complexity index is 295. The van der Waals surface area contributed by atoms with E-state index < -0.39 is 28.9 Å². The van der Waals surface area contributed by atoms with Crippen molar-refractivity contribution in [3.05, 3.63) is 60.4 Å². The topological polar surface area (TPSA) is 0 Å². The number of hydrogen-bond acceptors (Lipinski definition) is 0. The van der Waals surface area contributed by atoms with Crippen molar-refractivity contribution in [2.45, 2.75) is 47.2 Å². The van der Waals surface area contributed by atoms with Gasteiger partial charge in [-0.15, -0.1) is 0 Å². The van der Waals surface area contributed by atoms with Crippen molar-refractivity contribution >= 4 is 25.1 Å². The van der Waals surface area contributed by atoms with Crippen LogP contribution in [0.15, 0.2) is 0 Å². The molecule has 2 saturated carbocycles. The summed E-state index contributed by atoms with van der Waals surface area (Å²) in [4.78, 5) is 0. The molecule has 10 radical (unpaired) electrons. The molecule has 0 aromatic rings. The van der Waals surface area contributed by atoms with Gasteiger partial charge in [-0.25, -0.2) is 0 Å². The molecule has 0 aromatic heterocycles. The van der Waals surface area contributed by atoms with Crippen LogP contribution in [0.25, 0.3) is 0 Å². The molecular weight excluding hydrogens is 394 g/mol. The summed E-state index contributed by atoms with van der Waals surface area (Å²) >= 11 is -0.826. The molecule has 0 aliphatic heterocycles. The van der Waals surface area contributed by atoms with Gasteiger partial charge in [0.05, 0.1) is 8.07 Å². The zero-order valence-corrected chi connectivity index (χ0v) is 18.7. The fraction of sp³-hybridized carbons (Fsp3) is 0.412. The Kier molecular flexibility index (Phi) is 9.12. The van der Waals surface area contributed by atoms with Crippen LogP contribution in [0.3, 0.4) is 0 Å². The van der Waals surface area contributed by atoms with E-state index in [1.165, 1.54) is 17.9 Å². The third kappa shape index (κ3) is 4.40. The van der Waals surface area contributed by atoms with E-state index in [1.807, 2.05) is 0 Å². The van der Waals surface area contributed by atoms with Crippen LogP contribution in [0.2, 0.25) is 12.6 Å². The maximum atomic E-state index is 4.93. The first-order chi connectivity index (χ1) is 9.84. The zero-order valence-electron chi connectivity index (χ0n) is 13.8. The van der Waals surface area contributed by atoms with Crippen LogP contribution in [-0.2, 0) is 20.8 Å². The molecule has 2 fully saturated rings. The number of halogens is 2. The first-order valence-electron chi connectivity index (χ1n) is 7.27. The van der Waals surface area contributed by atoms with Crippen LogP contribution in [0.5, 0.6) is 0 Å². The third-order valence-corrected chi connectivity index (χ3v) is 9.87. The molecule has 0 aromatic carbocycles. The van der Waals surface area contributed by atoms with Crippen LogP contribution in [0.4, 0.5) is 0 Å². The summed E-state index contributed by atoms with van der Waals surface area (Å²) in [6.45, 7) is 14.1. The van der Waals surface area contributed by atoms with Gasteiger partial charge in [0.1, 0.15) is 0 Å². The van der Waals surface area contributed by atoms with Gasteiger partial charge in [0.25, 0.3) is 0 Å². The van der Waals surface area contributed by atoms with E-state index in [9.17, 15) is 0 Å². The maximum absolute atomic E-state index is 4.93. The van der Waals surface area contributed by atoms with Crippen molar-refractivity contribution in [3.63, 3.8) is 0 Å². The summed E-state index contributed by atoms with van der Waals surface area (Å²) < 4.78 is 0. The monoisotopic (exact) mass is 416 g/mol. The summed E-state index contributed by atoms with van der Waals surface area (Å²) in [5.74, 6) is 6.09. The fourth-order valence-electron chi connectivity index (χ4n) is 3.31. The van der Waals surface area contributed by atoms with Crippen LogP contribution in [0.1, 0.15) is 34.6 Å². The Morgan fingerprint density at radius 1 is 0.905 bits per heavy atom. The molecule has 0 heterocycles. The molecule has 0 N–H and O–H groups in total. The average molecular weight is 419 g/mol. The van der Waals surface area contributed by atoms with Crippen molar-refractivity contribution in [3.8, 4) is 0 Å². The van der Waals surface area contributed by atoms with E-state index in [1.54, 1.807) is 22.9 Å². The van der Waals surface area contributed by atoms with Crippen molar-refractivity contribution in [2.24, 2.45) is 0 Å². The van der Waals surface area contributed by atoms with E-state index in [-0.39, 0.29) is 0 Å². The fourth-order valence-corrected chi connectivity index (χ4v) is 7.32. The van der Waals surface area contributed by atoms with Crippen molar-refractivity contribution in [1.29, 1.82) is 0 Å². The molecule has 0 bridgehead atoms. The molecule has 2 rings (SSSR count). The SMILES string of the molecule is CC[Si](C)([C]1[CH][CH][CH][CH]1)[C]1[C](C)[C](C)[C](C)[C]1C.[Cl][Zr+2][Cl]. The molecule has 0 saturated heterocycles. The molecule has 1 atom stereocenters. The van der Waals surface area contributed by atoms with Crippen LogP contribution >= 0.6 is 17.0 Å². The van der Waals surface area contributed by atoms with Crippen LogP contribution in [-0.4, -0.2) is 8.07 Å². The molecule has 0 nitrogen and oxygen atoms in total. The minimum absolute atomic E-state index is 0.826. The van der Waals surface area contributed by atoms with Gasteiger partial charge < -0.3 is 0 Å². The molecule has 0 amide bonds. The molecule has 0 spiro atoms. The van der Waals surface area contributed by atoms with Crippen LogP contribution < -0.4 is 0 Å². The second-order valence-electron chi connectivity index (χ2n) is 5.81. The standard InChI is InChI=1S/C17H24Si.2ClH.Zr/c1-7-18(6,16-10-8-9-11-16)17-14(4)12(2)13(3)15(17)5;;;/h8-11H,7H2,1-6H3;2*1H;/q;;;+4/p-2. The van der Waals surface area contributed by atoms with E-state index in [2.05, 4.69) is 66.8 Å². The molecule has 1 unspecified atom stereocenters. The van der Waals surface area contributed by atoms with Gasteiger partial charge in [0.2, 0.25) is 0 Å². The van der Waals surface area contributed by atoms with Gasteiger partial charge in [0, 0.05) is 0 Å². The molecule has 112 valence electrons. The van der Waals surface area contributed by atoms with E-state index in [0.717, 1.165) is 0 Å². The van der Waals surface area contributed by atoms with E-state index in [0.29, 0.717) is 0 Å². The summed E-state index contributed by atoms with van der Waals surface area (Å²) in [6, 6.07) is 1.28.